The maximum atomic E-state index is 6.17. The zero-order valence-electron chi connectivity index (χ0n) is 13.3. The number of rotatable bonds is 4. The van der Waals surface area contributed by atoms with E-state index >= 15 is 0 Å². The second-order valence-electron chi connectivity index (χ2n) is 7.73. The molecule has 0 aliphatic heterocycles. The predicted molar refractivity (Wildman–Crippen MR) is 83.2 cm³/mol. The van der Waals surface area contributed by atoms with E-state index in [4.69, 9.17) is 5.73 Å². The minimum absolute atomic E-state index is 0.412. The number of nitrogens with two attached hydrogens (primary N) is 1. The van der Waals surface area contributed by atoms with Crippen molar-refractivity contribution >= 4 is 0 Å². The third-order valence-electron chi connectivity index (χ3n) is 5.81. The average Bonchev–Trinajstić information content (AvgIpc) is 2.39. The Morgan fingerprint density at radius 1 is 1.05 bits per heavy atom. The molecule has 112 valence electrons. The standard InChI is InChI=1S/C17H34N2/c1-14-6-8-16(9-7-14)19(3)13-17(12-18)10-4-5-15(2)11-17/h14-16H,4-13,18H2,1-3H3. The van der Waals surface area contributed by atoms with Crippen molar-refractivity contribution in [2.75, 3.05) is 20.1 Å². The molecule has 2 fully saturated rings. The first-order chi connectivity index (χ1) is 9.04. The average molecular weight is 266 g/mol. The lowest BCUT2D eigenvalue weighted by Crippen LogP contribution is -2.47. The van der Waals surface area contributed by atoms with Gasteiger partial charge < -0.3 is 10.6 Å². The van der Waals surface area contributed by atoms with Crippen LogP contribution in [0.4, 0.5) is 0 Å². The Bertz CT molecular complexity index is 270. The van der Waals surface area contributed by atoms with E-state index in [2.05, 4.69) is 25.8 Å². The Kier molecular flexibility index (Phi) is 5.30. The number of hydrogen-bond donors (Lipinski definition) is 1. The summed E-state index contributed by atoms with van der Waals surface area (Å²) in [6.45, 7) is 6.92. The Morgan fingerprint density at radius 3 is 2.32 bits per heavy atom. The van der Waals surface area contributed by atoms with Gasteiger partial charge in [0.25, 0.3) is 0 Å². The fourth-order valence-corrected chi connectivity index (χ4v) is 4.50. The molecule has 0 amide bonds. The third kappa shape index (κ3) is 3.95. The van der Waals surface area contributed by atoms with Gasteiger partial charge in [0, 0.05) is 12.6 Å². The van der Waals surface area contributed by atoms with Gasteiger partial charge in [-0.3, -0.25) is 0 Å². The van der Waals surface area contributed by atoms with E-state index in [1.165, 1.54) is 57.9 Å². The lowest BCUT2D eigenvalue weighted by molar-refractivity contribution is 0.0649. The number of hydrogen-bond acceptors (Lipinski definition) is 2. The van der Waals surface area contributed by atoms with E-state index in [0.717, 1.165) is 24.4 Å². The molecule has 2 N–H and O–H groups in total. The summed E-state index contributed by atoms with van der Waals surface area (Å²) in [7, 11) is 2.34. The fourth-order valence-electron chi connectivity index (χ4n) is 4.50. The molecule has 2 rings (SSSR count). The van der Waals surface area contributed by atoms with Gasteiger partial charge in [0.1, 0.15) is 0 Å². The molecule has 0 bridgehead atoms. The molecule has 2 saturated carbocycles. The minimum Gasteiger partial charge on any atom is -0.330 e. The summed E-state index contributed by atoms with van der Waals surface area (Å²) in [4.78, 5) is 2.65. The molecule has 2 heteroatoms. The topological polar surface area (TPSA) is 29.3 Å². The van der Waals surface area contributed by atoms with E-state index in [0.29, 0.717) is 5.41 Å². The largest absolute Gasteiger partial charge is 0.330 e. The van der Waals surface area contributed by atoms with Crippen LogP contribution in [0.25, 0.3) is 0 Å². The highest BCUT2D eigenvalue weighted by Crippen LogP contribution is 2.40. The van der Waals surface area contributed by atoms with Crippen LogP contribution >= 0.6 is 0 Å². The van der Waals surface area contributed by atoms with Gasteiger partial charge in [-0.05, 0) is 69.4 Å². The van der Waals surface area contributed by atoms with Crippen LogP contribution in [0.5, 0.6) is 0 Å². The van der Waals surface area contributed by atoms with E-state index in [1.807, 2.05) is 0 Å². The molecule has 2 nitrogen and oxygen atoms in total. The summed E-state index contributed by atoms with van der Waals surface area (Å²) in [5, 5.41) is 0. The van der Waals surface area contributed by atoms with Crippen LogP contribution in [0.15, 0.2) is 0 Å². The van der Waals surface area contributed by atoms with Crippen LogP contribution in [-0.4, -0.2) is 31.1 Å². The highest BCUT2D eigenvalue weighted by atomic mass is 15.1. The van der Waals surface area contributed by atoms with Gasteiger partial charge in [-0.25, -0.2) is 0 Å². The molecule has 0 aromatic rings. The van der Waals surface area contributed by atoms with Crippen molar-refractivity contribution < 1.29 is 0 Å². The van der Waals surface area contributed by atoms with Crippen molar-refractivity contribution in [1.82, 2.24) is 4.90 Å². The van der Waals surface area contributed by atoms with Gasteiger partial charge in [-0.1, -0.05) is 26.7 Å². The van der Waals surface area contributed by atoms with Crippen molar-refractivity contribution in [1.29, 1.82) is 0 Å². The van der Waals surface area contributed by atoms with E-state index in [9.17, 15) is 0 Å². The maximum absolute atomic E-state index is 6.17. The summed E-state index contributed by atoms with van der Waals surface area (Å²) in [5.74, 6) is 1.82. The molecular formula is C17H34N2. The van der Waals surface area contributed by atoms with Gasteiger partial charge in [0.2, 0.25) is 0 Å². The van der Waals surface area contributed by atoms with Gasteiger partial charge in [0.15, 0.2) is 0 Å². The summed E-state index contributed by atoms with van der Waals surface area (Å²) in [5.41, 5.74) is 6.59. The molecule has 2 atom stereocenters. The molecule has 2 aliphatic carbocycles. The molecule has 0 aromatic heterocycles. The lowest BCUT2D eigenvalue weighted by Gasteiger charge is -2.44. The van der Waals surface area contributed by atoms with Crippen molar-refractivity contribution in [2.24, 2.45) is 23.0 Å². The quantitative estimate of drug-likeness (QED) is 0.841. The second kappa shape index (κ2) is 6.58. The van der Waals surface area contributed by atoms with Crippen molar-refractivity contribution in [2.45, 2.75) is 71.3 Å². The van der Waals surface area contributed by atoms with E-state index in [1.54, 1.807) is 0 Å². The van der Waals surface area contributed by atoms with Crippen LogP contribution in [0.1, 0.15) is 65.2 Å². The maximum Gasteiger partial charge on any atom is 0.00926 e. The molecule has 0 aromatic carbocycles. The molecule has 2 aliphatic rings. The van der Waals surface area contributed by atoms with Crippen LogP contribution in [-0.2, 0) is 0 Å². The van der Waals surface area contributed by atoms with Crippen molar-refractivity contribution in [3.63, 3.8) is 0 Å². The van der Waals surface area contributed by atoms with Crippen LogP contribution in [0, 0.1) is 17.3 Å². The van der Waals surface area contributed by atoms with Crippen LogP contribution in [0.3, 0.4) is 0 Å². The highest BCUT2D eigenvalue weighted by Gasteiger charge is 2.36. The second-order valence-corrected chi connectivity index (χ2v) is 7.73. The Balaban J connectivity index is 1.90. The van der Waals surface area contributed by atoms with Crippen molar-refractivity contribution in [3.05, 3.63) is 0 Å². The Labute approximate surface area is 120 Å². The fraction of sp³-hybridized carbons (Fsp3) is 1.00. The van der Waals surface area contributed by atoms with Gasteiger partial charge in [0.05, 0.1) is 0 Å². The normalized spacial score (nSPS) is 40.6. The smallest absolute Gasteiger partial charge is 0.00926 e. The molecule has 0 radical (unpaired) electrons. The summed E-state index contributed by atoms with van der Waals surface area (Å²) in [6, 6.07) is 0.817. The third-order valence-corrected chi connectivity index (χ3v) is 5.81. The van der Waals surface area contributed by atoms with Crippen molar-refractivity contribution in [3.8, 4) is 0 Å². The zero-order chi connectivity index (χ0) is 13.9. The first-order valence-electron chi connectivity index (χ1n) is 8.45. The lowest BCUT2D eigenvalue weighted by atomic mass is 9.69. The van der Waals surface area contributed by atoms with E-state index < -0.39 is 0 Å². The summed E-state index contributed by atoms with van der Waals surface area (Å²) in [6.07, 6.45) is 11.1. The molecule has 0 spiro atoms. The van der Waals surface area contributed by atoms with Gasteiger partial charge in [-0.15, -0.1) is 0 Å². The van der Waals surface area contributed by atoms with Crippen LogP contribution < -0.4 is 5.73 Å². The molecule has 19 heavy (non-hydrogen) atoms. The van der Waals surface area contributed by atoms with Gasteiger partial charge >= 0.3 is 0 Å². The molecular weight excluding hydrogens is 232 g/mol. The minimum atomic E-state index is 0.412. The highest BCUT2D eigenvalue weighted by molar-refractivity contribution is 4.90. The summed E-state index contributed by atoms with van der Waals surface area (Å²) < 4.78 is 0. The number of nitrogens with zero attached hydrogens (tertiary/aromatic N) is 1. The molecule has 0 saturated heterocycles. The van der Waals surface area contributed by atoms with E-state index in [-0.39, 0.29) is 0 Å². The Hall–Kier alpha value is -0.0800. The first-order valence-corrected chi connectivity index (χ1v) is 8.45. The Morgan fingerprint density at radius 2 is 1.74 bits per heavy atom. The molecule has 2 unspecified atom stereocenters. The summed E-state index contributed by atoms with van der Waals surface area (Å²) >= 11 is 0. The zero-order valence-corrected chi connectivity index (χ0v) is 13.3. The van der Waals surface area contributed by atoms with Gasteiger partial charge in [-0.2, -0.15) is 0 Å². The first kappa shape index (κ1) is 15.3. The molecule has 0 heterocycles. The van der Waals surface area contributed by atoms with Crippen LogP contribution in [0.2, 0.25) is 0 Å². The SMILES string of the molecule is CC1CCC(N(C)CC2(CN)CCCC(C)C2)CC1. The monoisotopic (exact) mass is 266 g/mol. The predicted octanol–water partition coefficient (Wildman–Crippen LogP) is 3.65.